The van der Waals surface area contributed by atoms with Gasteiger partial charge >= 0.3 is 0 Å². The molecule has 0 heterocycles. The Morgan fingerprint density at radius 1 is 0.938 bits per heavy atom. The minimum atomic E-state index is 0.369. The first-order valence-electron chi connectivity index (χ1n) is 6.22. The molecule has 0 saturated heterocycles. The van der Waals surface area contributed by atoms with E-state index >= 15 is 0 Å². The summed E-state index contributed by atoms with van der Waals surface area (Å²) in [6.45, 7) is 11.4. The molecule has 1 rings (SSSR count). The predicted molar refractivity (Wildman–Crippen MR) is 69.7 cm³/mol. The molecule has 16 heavy (non-hydrogen) atoms. The Balaban J connectivity index is 2.81. The van der Waals surface area contributed by atoms with Crippen LogP contribution in [0.15, 0.2) is 24.3 Å². The Morgan fingerprint density at radius 3 is 2.06 bits per heavy atom. The normalized spacial score (nSPS) is 17.1. The van der Waals surface area contributed by atoms with Gasteiger partial charge in [0.15, 0.2) is 0 Å². The molecule has 0 aliphatic heterocycles. The van der Waals surface area contributed by atoms with Crippen LogP contribution >= 0.6 is 0 Å². The highest BCUT2D eigenvalue weighted by Gasteiger charge is 2.22. The second-order valence-corrected chi connectivity index (χ2v) is 5.35. The van der Waals surface area contributed by atoms with E-state index in [1.165, 1.54) is 5.56 Å². The highest BCUT2D eigenvalue weighted by Crippen LogP contribution is 2.34. The molecule has 3 unspecified atom stereocenters. The fraction of sp³-hybridized carbons (Fsp3) is 0.600. The van der Waals surface area contributed by atoms with E-state index in [0.29, 0.717) is 29.4 Å². The second kappa shape index (κ2) is 5.38. The number of phenols is 1. The maximum absolute atomic E-state index is 9.49. The van der Waals surface area contributed by atoms with Crippen LogP contribution in [0.2, 0.25) is 0 Å². The zero-order valence-corrected chi connectivity index (χ0v) is 11.1. The summed E-state index contributed by atoms with van der Waals surface area (Å²) >= 11 is 0. The van der Waals surface area contributed by atoms with Crippen molar-refractivity contribution in [1.82, 2.24) is 0 Å². The maximum atomic E-state index is 9.49. The van der Waals surface area contributed by atoms with Gasteiger partial charge < -0.3 is 5.11 Å². The molecule has 0 saturated carbocycles. The molecule has 1 aromatic carbocycles. The Hall–Kier alpha value is -0.980. The van der Waals surface area contributed by atoms with Gasteiger partial charge in [0.05, 0.1) is 0 Å². The standard InChI is InChI=1S/C15H24O/c1-10(2)11(3)12(4)13(5)14-7-6-8-15(16)9-14/h6-13,16H,1-5H3. The first-order valence-corrected chi connectivity index (χ1v) is 6.22. The smallest absolute Gasteiger partial charge is 0.115 e. The molecule has 0 fully saturated rings. The van der Waals surface area contributed by atoms with Gasteiger partial charge in [-0.2, -0.15) is 0 Å². The zero-order valence-electron chi connectivity index (χ0n) is 11.1. The molecular weight excluding hydrogens is 196 g/mol. The number of phenolic OH excluding ortho intramolecular Hbond substituents is 1. The van der Waals surface area contributed by atoms with Crippen molar-refractivity contribution in [3.63, 3.8) is 0 Å². The molecule has 0 aliphatic rings. The van der Waals surface area contributed by atoms with Crippen molar-refractivity contribution in [2.45, 2.75) is 40.5 Å². The van der Waals surface area contributed by atoms with Crippen LogP contribution in [0, 0.1) is 17.8 Å². The summed E-state index contributed by atoms with van der Waals surface area (Å²) in [6, 6.07) is 7.64. The highest BCUT2D eigenvalue weighted by molar-refractivity contribution is 5.29. The van der Waals surface area contributed by atoms with Crippen molar-refractivity contribution in [2.75, 3.05) is 0 Å². The molecule has 1 N–H and O–H groups in total. The van der Waals surface area contributed by atoms with Crippen molar-refractivity contribution in [3.05, 3.63) is 29.8 Å². The van der Waals surface area contributed by atoms with Crippen LogP contribution in [0.3, 0.4) is 0 Å². The molecule has 1 heteroatoms. The largest absolute Gasteiger partial charge is 0.508 e. The van der Waals surface area contributed by atoms with E-state index < -0.39 is 0 Å². The number of benzene rings is 1. The lowest BCUT2D eigenvalue weighted by molar-refractivity contribution is 0.264. The quantitative estimate of drug-likeness (QED) is 0.796. The third kappa shape index (κ3) is 3.01. The highest BCUT2D eigenvalue weighted by atomic mass is 16.3. The van der Waals surface area contributed by atoms with E-state index in [0.717, 1.165) is 0 Å². The SMILES string of the molecule is CC(C)C(C)C(C)C(C)c1cccc(O)c1. The van der Waals surface area contributed by atoms with E-state index in [9.17, 15) is 5.11 Å². The van der Waals surface area contributed by atoms with E-state index in [1.54, 1.807) is 6.07 Å². The van der Waals surface area contributed by atoms with Crippen molar-refractivity contribution in [3.8, 4) is 5.75 Å². The van der Waals surface area contributed by atoms with Gasteiger partial charge in [-0.05, 0) is 41.4 Å². The van der Waals surface area contributed by atoms with Crippen LogP contribution < -0.4 is 0 Å². The van der Waals surface area contributed by atoms with Crippen LogP contribution in [0.25, 0.3) is 0 Å². The van der Waals surface area contributed by atoms with Gasteiger partial charge in [0.2, 0.25) is 0 Å². The summed E-state index contributed by atoms with van der Waals surface area (Å²) in [6.07, 6.45) is 0. The van der Waals surface area contributed by atoms with Gasteiger partial charge in [0.1, 0.15) is 5.75 Å². The molecule has 90 valence electrons. The molecule has 0 amide bonds. The molecule has 0 spiro atoms. The number of hydrogen-bond acceptors (Lipinski definition) is 1. The van der Waals surface area contributed by atoms with Crippen molar-refractivity contribution < 1.29 is 5.11 Å². The summed E-state index contributed by atoms with van der Waals surface area (Å²) in [7, 11) is 0. The Bertz CT molecular complexity index is 330. The van der Waals surface area contributed by atoms with Crippen LogP contribution in [-0.4, -0.2) is 5.11 Å². The van der Waals surface area contributed by atoms with Crippen molar-refractivity contribution in [2.24, 2.45) is 17.8 Å². The Labute approximate surface area is 99.5 Å². The molecule has 0 bridgehead atoms. The minimum absolute atomic E-state index is 0.369. The molecular formula is C15H24O. The number of hydrogen-bond donors (Lipinski definition) is 1. The monoisotopic (exact) mass is 220 g/mol. The first-order chi connectivity index (χ1) is 7.43. The predicted octanol–water partition coefficient (Wildman–Crippen LogP) is 4.42. The molecule has 3 atom stereocenters. The summed E-state index contributed by atoms with van der Waals surface area (Å²) in [4.78, 5) is 0. The summed E-state index contributed by atoms with van der Waals surface area (Å²) in [5, 5.41) is 9.49. The van der Waals surface area contributed by atoms with Gasteiger partial charge in [0, 0.05) is 0 Å². The van der Waals surface area contributed by atoms with Crippen LogP contribution in [-0.2, 0) is 0 Å². The third-order valence-electron chi connectivity index (χ3n) is 4.07. The maximum Gasteiger partial charge on any atom is 0.115 e. The summed E-state index contributed by atoms with van der Waals surface area (Å²) in [5.41, 5.74) is 1.24. The third-order valence-corrected chi connectivity index (χ3v) is 4.07. The molecule has 1 aromatic rings. The van der Waals surface area contributed by atoms with E-state index in [1.807, 2.05) is 12.1 Å². The summed E-state index contributed by atoms with van der Waals surface area (Å²) < 4.78 is 0. The fourth-order valence-corrected chi connectivity index (χ4v) is 2.17. The number of aromatic hydroxyl groups is 1. The van der Waals surface area contributed by atoms with Crippen LogP contribution in [0.4, 0.5) is 0 Å². The fourth-order valence-electron chi connectivity index (χ4n) is 2.17. The minimum Gasteiger partial charge on any atom is -0.508 e. The molecule has 0 radical (unpaired) electrons. The molecule has 0 aliphatic carbocycles. The zero-order chi connectivity index (χ0) is 12.3. The van der Waals surface area contributed by atoms with Gasteiger partial charge in [-0.3, -0.25) is 0 Å². The van der Waals surface area contributed by atoms with Gasteiger partial charge in [-0.1, -0.05) is 46.8 Å². The van der Waals surface area contributed by atoms with Gasteiger partial charge in [-0.15, -0.1) is 0 Å². The Morgan fingerprint density at radius 2 is 1.56 bits per heavy atom. The average Bonchev–Trinajstić information content (AvgIpc) is 2.26. The van der Waals surface area contributed by atoms with Crippen LogP contribution in [0.5, 0.6) is 5.75 Å². The van der Waals surface area contributed by atoms with E-state index in [2.05, 4.69) is 40.7 Å². The Kier molecular flexibility index (Phi) is 4.40. The lowest BCUT2D eigenvalue weighted by Crippen LogP contribution is -2.19. The number of rotatable bonds is 4. The van der Waals surface area contributed by atoms with Crippen LogP contribution in [0.1, 0.15) is 46.1 Å². The topological polar surface area (TPSA) is 20.2 Å². The molecule has 0 aromatic heterocycles. The van der Waals surface area contributed by atoms with E-state index in [4.69, 9.17) is 0 Å². The second-order valence-electron chi connectivity index (χ2n) is 5.35. The van der Waals surface area contributed by atoms with Gasteiger partial charge in [-0.25, -0.2) is 0 Å². The van der Waals surface area contributed by atoms with E-state index in [-0.39, 0.29) is 0 Å². The van der Waals surface area contributed by atoms with Crippen molar-refractivity contribution in [1.29, 1.82) is 0 Å². The first kappa shape index (κ1) is 13.1. The molecule has 1 nitrogen and oxygen atoms in total. The average molecular weight is 220 g/mol. The lowest BCUT2D eigenvalue weighted by Gasteiger charge is -2.29. The van der Waals surface area contributed by atoms with Crippen molar-refractivity contribution >= 4 is 0 Å². The lowest BCUT2D eigenvalue weighted by atomic mass is 9.76. The summed E-state index contributed by atoms with van der Waals surface area (Å²) in [5.74, 6) is 2.88. The van der Waals surface area contributed by atoms with Gasteiger partial charge in [0.25, 0.3) is 0 Å².